The molecule has 1 aromatic carbocycles. The van der Waals surface area contributed by atoms with Crippen molar-refractivity contribution >= 4 is 17.6 Å². The standard InChI is InChI=1S/C21H22N4O4/c1-13-19(14(2)25(4)24-13)23-20(26)15(3)28-21(27)17-9-5-6-10-18(17)29-16-8-7-11-22-12-16/h5-12,15H,1-4H3,(H,23,26). The fraction of sp³-hybridized carbons (Fsp3) is 0.238. The Morgan fingerprint density at radius 2 is 1.90 bits per heavy atom. The number of carbonyl (C=O) groups excluding carboxylic acids is 2. The van der Waals surface area contributed by atoms with E-state index < -0.39 is 18.0 Å². The first-order chi connectivity index (χ1) is 13.9. The van der Waals surface area contributed by atoms with E-state index in [1.54, 1.807) is 61.2 Å². The molecule has 0 saturated carbocycles. The lowest BCUT2D eigenvalue weighted by Gasteiger charge is -2.15. The lowest BCUT2D eigenvalue weighted by molar-refractivity contribution is -0.123. The van der Waals surface area contributed by atoms with Gasteiger partial charge in [-0.05, 0) is 45.0 Å². The van der Waals surface area contributed by atoms with Gasteiger partial charge in [0.15, 0.2) is 6.10 Å². The lowest BCUT2D eigenvalue weighted by atomic mass is 10.2. The van der Waals surface area contributed by atoms with E-state index in [0.29, 0.717) is 22.9 Å². The van der Waals surface area contributed by atoms with Gasteiger partial charge in [-0.2, -0.15) is 5.10 Å². The van der Waals surface area contributed by atoms with E-state index in [-0.39, 0.29) is 5.56 Å². The number of nitrogens with zero attached hydrogens (tertiary/aromatic N) is 3. The molecule has 29 heavy (non-hydrogen) atoms. The van der Waals surface area contributed by atoms with Gasteiger partial charge in [0, 0.05) is 13.2 Å². The van der Waals surface area contributed by atoms with Crippen LogP contribution < -0.4 is 10.1 Å². The van der Waals surface area contributed by atoms with Gasteiger partial charge in [0.05, 0.1) is 23.3 Å². The molecule has 8 nitrogen and oxygen atoms in total. The summed E-state index contributed by atoms with van der Waals surface area (Å²) >= 11 is 0. The van der Waals surface area contributed by atoms with Crippen molar-refractivity contribution in [3.63, 3.8) is 0 Å². The normalized spacial score (nSPS) is 11.6. The number of hydrogen-bond donors (Lipinski definition) is 1. The number of pyridine rings is 1. The Hall–Kier alpha value is -3.68. The number of nitrogens with one attached hydrogen (secondary N) is 1. The van der Waals surface area contributed by atoms with E-state index in [4.69, 9.17) is 9.47 Å². The SMILES string of the molecule is Cc1nn(C)c(C)c1NC(=O)C(C)OC(=O)c1ccccc1Oc1cccnc1. The van der Waals surface area contributed by atoms with Crippen LogP contribution in [0.2, 0.25) is 0 Å². The van der Waals surface area contributed by atoms with Crippen molar-refractivity contribution in [1.82, 2.24) is 14.8 Å². The molecule has 1 amide bonds. The molecule has 1 atom stereocenters. The van der Waals surface area contributed by atoms with Gasteiger partial charge in [-0.1, -0.05) is 12.1 Å². The Morgan fingerprint density at radius 1 is 1.14 bits per heavy atom. The number of benzene rings is 1. The lowest BCUT2D eigenvalue weighted by Crippen LogP contribution is -2.30. The summed E-state index contributed by atoms with van der Waals surface area (Å²) < 4.78 is 12.8. The predicted octanol–water partition coefficient (Wildman–Crippen LogP) is 3.41. The van der Waals surface area contributed by atoms with Crippen LogP contribution in [0.1, 0.15) is 28.7 Å². The second-order valence-corrected chi connectivity index (χ2v) is 6.49. The molecule has 150 valence electrons. The molecule has 3 rings (SSSR count). The molecule has 0 fully saturated rings. The highest BCUT2D eigenvalue weighted by molar-refractivity contribution is 5.98. The Bertz CT molecular complexity index is 1030. The van der Waals surface area contributed by atoms with Crippen LogP contribution in [0, 0.1) is 13.8 Å². The van der Waals surface area contributed by atoms with E-state index >= 15 is 0 Å². The average molecular weight is 394 g/mol. The Kier molecular flexibility index (Phi) is 5.92. The van der Waals surface area contributed by atoms with E-state index in [1.807, 2.05) is 6.92 Å². The number of esters is 1. The maximum Gasteiger partial charge on any atom is 0.342 e. The number of aryl methyl sites for hydroxylation is 2. The monoisotopic (exact) mass is 394 g/mol. The summed E-state index contributed by atoms with van der Waals surface area (Å²) in [5.74, 6) is -0.298. The molecule has 2 heterocycles. The van der Waals surface area contributed by atoms with Gasteiger partial charge in [0.1, 0.15) is 17.1 Å². The van der Waals surface area contributed by atoms with Crippen LogP contribution in [0.25, 0.3) is 0 Å². The average Bonchev–Trinajstić information content (AvgIpc) is 2.95. The minimum atomic E-state index is -1.01. The van der Waals surface area contributed by atoms with Crippen LogP contribution in [-0.4, -0.2) is 32.7 Å². The first-order valence-electron chi connectivity index (χ1n) is 9.05. The number of anilines is 1. The molecule has 0 aliphatic carbocycles. The largest absolute Gasteiger partial charge is 0.455 e. The molecule has 2 aromatic heterocycles. The molecule has 0 bridgehead atoms. The molecule has 3 aromatic rings. The van der Waals surface area contributed by atoms with E-state index in [1.165, 1.54) is 13.1 Å². The van der Waals surface area contributed by atoms with Gasteiger partial charge in [-0.15, -0.1) is 0 Å². The Balaban J connectivity index is 1.70. The number of rotatable bonds is 6. The van der Waals surface area contributed by atoms with Crippen molar-refractivity contribution in [2.45, 2.75) is 26.9 Å². The van der Waals surface area contributed by atoms with Crippen molar-refractivity contribution < 1.29 is 19.1 Å². The third kappa shape index (κ3) is 4.60. The topological polar surface area (TPSA) is 95.3 Å². The number of amides is 1. The van der Waals surface area contributed by atoms with Gasteiger partial charge < -0.3 is 14.8 Å². The van der Waals surface area contributed by atoms with Crippen molar-refractivity contribution in [1.29, 1.82) is 0 Å². The fourth-order valence-corrected chi connectivity index (χ4v) is 2.72. The predicted molar refractivity (Wildman–Crippen MR) is 107 cm³/mol. The van der Waals surface area contributed by atoms with Crippen LogP contribution in [0.15, 0.2) is 48.8 Å². The summed E-state index contributed by atoms with van der Waals surface area (Å²) in [7, 11) is 1.79. The van der Waals surface area contributed by atoms with Crippen LogP contribution in [-0.2, 0) is 16.6 Å². The number of carbonyl (C=O) groups is 2. The number of ether oxygens (including phenoxy) is 2. The molecule has 0 aliphatic heterocycles. The smallest absolute Gasteiger partial charge is 0.342 e. The first kappa shape index (κ1) is 20.1. The quantitative estimate of drug-likeness (QED) is 0.644. The zero-order valence-corrected chi connectivity index (χ0v) is 16.7. The molecule has 1 unspecified atom stereocenters. The molecule has 8 heteroatoms. The first-order valence-corrected chi connectivity index (χ1v) is 9.05. The molecule has 1 N–H and O–H groups in total. The van der Waals surface area contributed by atoms with Gasteiger partial charge >= 0.3 is 5.97 Å². The Labute approximate surface area is 168 Å². The molecular formula is C21H22N4O4. The fourth-order valence-electron chi connectivity index (χ4n) is 2.72. The number of para-hydroxylation sites is 1. The van der Waals surface area contributed by atoms with Crippen LogP contribution in [0.5, 0.6) is 11.5 Å². The molecule has 0 aliphatic rings. The van der Waals surface area contributed by atoms with Crippen LogP contribution in [0.4, 0.5) is 5.69 Å². The third-order valence-corrected chi connectivity index (χ3v) is 4.38. The maximum absolute atomic E-state index is 12.6. The van der Waals surface area contributed by atoms with Crippen LogP contribution >= 0.6 is 0 Å². The minimum Gasteiger partial charge on any atom is -0.455 e. The zero-order valence-electron chi connectivity index (χ0n) is 16.7. The van der Waals surface area contributed by atoms with Crippen molar-refractivity contribution in [2.75, 3.05) is 5.32 Å². The highest BCUT2D eigenvalue weighted by atomic mass is 16.5. The summed E-state index contributed by atoms with van der Waals surface area (Å²) in [6, 6.07) is 10.1. The summed E-state index contributed by atoms with van der Waals surface area (Å²) in [5.41, 5.74) is 2.32. The maximum atomic E-state index is 12.6. The van der Waals surface area contributed by atoms with Crippen LogP contribution in [0.3, 0.4) is 0 Å². The molecule has 0 saturated heterocycles. The van der Waals surface area contributed by atoms with Crippen molar-refractivity contribution in [3.05, 3.63) is 65.7 Å². The van der Waals surface area contributed by atoms with Gasteiger partial charge in [-0.3, -0.25) is 14.5 Å². The Morgan fingerprint density at radius 3 is 2.55 bits per heavy atom. The summed E-state index contributed by atoms with van der Waals surface area (Å²) in [6.07, 6.45) is 2.16. The van der Waals surface area contributed by atoms with Crippen molar-refractivity contribution in [2.24, 2.45) is 7.05 Å². The second kappa shape index (κ2) is 8.55. The molecular weight excluding hydrogens is 372 g/mol. The highest BCUT2D eigenvalue weighted by Gasteiger charge is 2.23. The second-order valence-electron chi connectivity index (χ2n) is 6.49. The van der Waals surface area contributed by atoms with E-state index in [2.05, 4.69) is 15.4 Å². The van der Waals surface area contributed by atoms with Gasteiger partial charge in [-0.25, -0.2) is 4.79 Å². The summed E-state index contributed by atoms with van der Waals surface area (Å²) in [6.45, 7) is 5.16. The van der Waals surface area contributed by atoms with Crippen molar-refractivity contribution in [3.8, 4) is 11.5 Å². The minimum absolute atomic E-state index is 0.213. The summed E-state index contributed by atoms with van der Waals surface area (Å²) in [5, 5.41) is 7.03. The van der Waals surface area contributed by atoms with Gasteiger partial charge in [0.2, 0.25) is 0 Å². The number of aromatic nitrogens is 3. The molecule has 0 radical (unpaired) electrons. The van der Waals surface area contributed by atoms with E-state index in [0.717, 1.165) is 5.69 Å². The van der Waals surface area contributed by atoms with Gasteiger partial charge in [0.25, 0.3) is 5.91 Å². The highest BCUT2D eigenvalue weighted by Crippen LogP contribution is 2.26. The third-order valence-electron chi connectivity index (χ3n) is 4.38. The number of hydrogen-bond acceptors (Lipinski definition) is 6. The molecule has 0 spiro atoms. The van der Waals surface area contributed by atoms with E-state index in [9.17, 15) is 9.59 Å². The summed E-state index contributed by atoms with van der Waals surface area (Å²) in [4.78, 5) is 29.1. The zero-order chi connectivity index (χ0) is 21.0.